The number of alkyl halides is 3. The van der Waals surface area contributed by atoms with Crippen molar-refractivity contribution < 1.29 is 18.0 Å². The standard InChI is InChI=1S/C18H19F3N4O2.ClH/c1-10-7-15(26)16(17(27)23-9-14(22)11-5-6-11)24-25(10)13-4-2-3-12(8-13)18(19,20)21;/h2-4,7-8,11,14H,5-6,9,22H2,1H3,(H,23,27);1H. The summed E-state index contributed by atoms with van der Waals surface area (Å²) in [4.78, 5) is 24.4. The summed E-state index contributed by atoms with van der Waals surface area (Å²) in [5.41, 5.74) is 4.50. The van der Waals surface area contributed by atoms with E-state index < -0.39 is 23.1 Å². The Labute approximate surface area is 165 Å². The number of carbonyl (C=O) groups is 1. The number of aromatic nitrogens is 2. The van der Waals surface area contributed by atoms with Crippen LogP contribution in [0.4, 0.5) is 13.2 Å². The molecule has 1 saturated carbocycles. The van der Waals surface area contributed by atoms with E-state index in [0.29, 0.717) is 11.6 Å². The van der Waals surface area contributed by atoms with Gasteiger partial charge in [0, 0.05) is 24.3 Å². The first-order valence-electron chi connectivity index (χ1n) is 8.49. The number of aryl methyl sites for hydroxylation is 1. The van der Waals surface area contributed by atoms with Gasteiger partial charge in [0.25, 0.3) is 5.91 Å². The first-order chi connectivity index (χ1) is 12.7. The molecule has 0 bridgehead atoms. The number of hydrogen-bond acceptors (Lipinski definition) is 4. The van der Waals surface area contributed by atoms with Gasteiger partial charge in [-0.15, -0.1) is 12.4 Å². The lowest BCUT2D eigenvalue weighted by molar-refractivity contribution is -0.137. The number of benzene rings is 1. The highest BCUT2D eigenvalue weighted by molar-refractivity contribution is 5.92. The number of hydrogen-bond donors (Lipinski definition) is 2. The number of nitrogens with two attached hydrogens (primary N) is 1. The normalized spacial score (nSPS) is 14.9. The van der Waals surface area contributed by atoms with Gasteiger partial charge in [0.1, 0.15) is 0 Å². The number of halogens is 4. The first kappa shape index (κ1) is 21.9. The second kappa shape index (κ2) is 8.32. The van der Waals surface area contributed by atoms with Crippen molar-refractivity contribution in [3.63, 3.8) is 0 Å². The summed E-state index contributed by atoms with van der Waals surface area (Å²) in [6.45, 7) is 1.74. The van der Waals surface area contributed by atoms with Gasteiger partial charge in [-0.1, -0.05) is 6.07 Å². The number of carbonyl (C=O) groups excluding carboxylic acids is 1. The van der Waals surface area contributed by atoms with Crippen LogP contribution in [0.3, 0.4) is 0 Å². The monoisotopic (exact) mass is 416 g/mol. The van der Waals surface area contributed by atoms with Crippen LogP contribution in [0.2, 0.25) is 0 Å². The van der Waals surface area contributed by atoms with E-state index in [1.54, 1.807) is 0 Å². The van der Waals surface area contributed by atoms with E-state index in [9.17, 15) is 22.8 Å². The molecule has 3 N–H and O–H groups in total. The highest BCUT2D eigenvalue weighted by Gasteiger charge is 2.31. The second-order valence-electron chi connectivity index (χ2n) is 6.67. The molecule has 2 aromatic rings. The van der Waals surface area contributed by atoms with Gasteiger partial charge in [0.05, 0.1) is 11.3 Å². The lowest BCUT2D eigenvalue weighted by Crippen LogP contribution is -2.40. The Morgan fingerprint density at radius 1 is 1.36 bits per heavy atom. The quantitative estimate of drug-likeness (QED) is 0.783. The van der Waals surface area contributed by atoms with Gasteiger partial charge in [-0.2, -0.15) is 18.3 Å². The average molecular weight is 417 g/mol. The summed E-state index contributed by atoms with van der Waals surface area (Å²) in [7, 11) is 0. The van der Waals surface area contributed by atoms with Crippen LogP contribution in [0.25, 0.3) is 5.69 Å². The van der Waals surface area contributed by atoms with E-state index in [1.807, 2.05) is 0 Å². The third-order valence-electron chi connectivity index (χ3n) is 4.47. The van der Waals surface area contributed by atoms with Crippen molar-refractivity contribution in [3.05, 3.63) is 57.5 Å². The van der Waals surface area contributed by atoms with Crippen LogP contribution >= 0.6 is 12.4 Å². The molecular formula is C18H20ClF3N4O2. The molecule has 0 saturated heterocycles. The zero-order chi connectivity index (χ0) is 19.8. The molecule has 10 heteroatoms. The molecule has 28 heavy (non-hydrogen) atoms. The van der Waals surface area contributed by atoms with Crippen LogP contribution in [0.5, 0.6) is 0 Å². The molecule has 1 aliphatic rings. The molecule has 0 radical (unpaired) electrons. The minimum absolute atomic E-state index is 0. The molecule has 1 atom stereocenters. The maximum Gasteiger partial charge on any atom is 0.416 e. The third kappa shape index (κ3) is 4.90. The Bertz CT molecular complexity index is 926. The van der Waals surface area contributed by atoms with Gasteiger partial charge in [0.15, 0.2) is 5.69 Å². The van der Waals surface area contributed by atoms with Crippen LogP contribution in [0.1, 0.15) is 34.6 Å². The Morgan fingerprint density at radius 2 is 2.04 bits per heavy atom. The molecule has 1 heterocycles. The lowest BCUT2D eigenvalue weighted by Gasteiger charge is -2.14. The average Bonchev–Trinajstić information content (AvgIpc) is 3.44. The van der Waals surface area contributed by atoms with E-state index in [-0.39, 0.29) is 36.4 Å². The summed E-state index contributed by atoms with van der Waals surface area (Å²) >= 11 is 0. The summed E-state index contributed by atoms with van der Waals surface area (Å²) < 4.78 is 40.0. The fourth-order valence-corrected chi connectivity index (χ4v) is 2.77. The summed E-state index contributed by atoms with van der Waals surface area (Å²) in [6, 6.07) is 5.49. The van der Waals surface area contributed by atoms with Gasteiger partial charge < -0.3 is 11.1 Å². The first-order valence-corrected chi connectivity index (χ1v) is 8.49. The second-order valence-corrected chi connectivity index (χ2v) is 6.67. The molecule has 0 aliphatic heterocycles. The van der Waals surface area contributed by atoms with Crippen LogP contribution in [-0.4, -0.2) is 28.3 Å². The van der Waals surface area contributed by atoms with Gasteiger partial charge in [0.2, 0.25) is 5.43 Å². The molecule has 1 unspecified atom stereocenters. The van der Waals surface area contributed by atoms with E-state index >= 15 is 0 Å². The molecule has 1 aromatic carbocycles. The van der Waals surface area contributed by atoms with Crippen molar-refractivity contribution in [3.8, 4) is 5.69 Å². The maximum absolute atomic E-state index is 12.9. The predicted molar refractivity (Wildman–Crippen MR) is 99.9 cm³/mol. The lowest BCUT2D eigenvalue weighted by atomic mass is 10.2. The number of nitrogens with zero attached hydrogens (tertiary/aromatic N) is 2. The molecular weight excluding hydrogens is 397 g/mol. The number of rotatable bonds is 5. The van der Waals surface area contributed by atoms with Crippen LogP contribution < -0.4 is 16.5 Å². The van der Waals surface area contributed by atoms with E-state index in [0.717, 1.165) is 29.7 Å². The molecule has 3 rings (SSSR count). The van der Waals surface area contributed by atoms with Gasteiger partial charge >= 0.3 is 6.18 Å². The van der Waals surface area contributed by atoms with Crippen molar-refractivity contribution in [1.82, 2.24) is 15.1 Å². The van der Waals surface area contributed by atoms with Crippen LogP contribution in [0, 0.1) is 12.8 Å². The number of nitrogens with one attached hydrogen (secondary N) is 1. The molecule has 1 aromatic heterocycles. The molecule has 6 nitrogen and oxygen atoms in total. The maximum atomic E-state index is 12.9. The Hall–Kier alpha value is -2.39. The molecule has 1 fully saturated rings. The fraction of sp³-hybridized carbons (Fsp3) is 0.389. The zero-order valence-electron chi connectivity index (χ0n) is 15.0. The van der Waals surface area contributed by atoms with Gasteiger partial charge in [-0.3, -0.25) is 9.59 Å². The van der Waals surface area contributed by atoms with Crippen molar-refractivity contribution in [2.75, 3.05) is 6.54 Å². The summed E-state index contributed by atoms with van der Waals surface area (Å²) in [5, 5.41) is 6.56. The van der Waals surface area contributed by atoms with Crippen molar-refractivity contribution >= 4 is 18.3 Å². The predicted octanol–water partition coefficient (Wildman–Crippen LogP) is 2.45. The highest BCUT2D eigenvalue weighted by Crippen LogP contribution is 2.31. The Morgan fingerprint density at radius 3 is 2.64 bits per heavy atom. The topological polar surface area (TPSA) is 90.0 Å². The fourth-order valence-electron chi connectivity index (χ4n) is 2.77. The SMILES string of the molecule is Cc1cc(=O)c(C(=O)NCC(N)C2CC2)nn1-c1cccc(C(F)(F)F)c1.Cl. The molecule has 1 amide bonds. The minimum atomic E-state index is -4.51. The van der Waals surface area contributed by atoms with Crippen LogP contribution in [0.15, 0.2) is 35.1 Å². The summed E-state index contributed by atoms with van der Waals surface area (Å²) in [5.74, 6) is -0.324. The summed E-state index contributed by atoms with van der Waals surface area (Å²) in [6.07, 6.45) is -2.48. The highest BCUT2D eigenvalue weighted by atomic mass is 35.5. The van der Waals surface area contributed by atoms with Gasteiger partial charge in [-0.25, -0.2) is 4.68 Å². The van der Waals surface area contributed by atoms with Crippen molar-refractivity contribution in [2.24, 2.45) is 11.7 Å². The van der Waals surface area contributed by atoms with Crippen molar-refractivity contribution in [2.45, 2.75) is 32.0 Å². The van der Waals surface area contributed by atoms with E-state index in [2.05, 4.69) is 10.4 Å². The Kier molecular flexibility index (Phi) is 6.51. The smallest absolute Gasteiger partial charge is 0.349 e. The Balaban J connectivity index is 0.00000280. The molecule has 152 valence electrons. The van der Waals surface area contributed by atoms with E-state index in [4.69, 9.17) is 5.73 Å². The zero-order valence-corrected chi connectivity index (χ0v) is 15.8. The molecule has 1 aliphatic carbocycles. The van der Waals surface area contributed by atoms with Crippen LogP contribution in [-0.2, 0) is 6.18 Å². The minimum Gasteiger partial charge on any atom is -0.349 e. The number of amides is 1. The largest absolute Gasteiger partial charge is 0.416 e. The van der Waals surface area contributed by atoms with E-state index in [1.165, 1.54) is 25.1 Å². The third-order valence-corrected chi connectivity index (χ3v) is 4.47. The van der Waals surface area contributed by atoms with Crippen molar-refractivity contribution in [1.29, 1.82) is 0 Å². The molecule has 0 spiro atoms. The van der Waals surface area contributed by atoms with Gasteiger partial charge in [-0.05, 0) is 43.9 Å².